The Labute approximate surface area is 503 Å². The average Bonchev–Trinajstić information content (AvgIpc) is 3.47. The van der Waals surface area contributed by atoms with Crippen LogP contribution < -0.4 is 0 Å². The highest BCUT2D eigenvalue weighted by molar-refractivity contribution is 5.71. The lowest BCUT2D eigenvalue weighted by Gasteiger charge is -2.18. The number of ether oxygens (including phenoxy) is 3. The third kappa shape index (κ3) is 67.3. The van der Waals surface area contributed by atoms with Gasteiger partial charge in [0.05, 0.1) is 0 Å². The zero-order chi connectivity index (χ0) is 58.5. The monoisotopic (exact) mass is 1130 g/mol. The van der Waals surface area contributed by atoms with Gasteiger partial charge in [0.1, 0.15) is 13.2 Å². The Morgan fingerprint density at radius 3 is 0.778 bits per heavy atom. The summed E-state index contributed by atoms with van der Waals surface area (Å²) in [5.74, 6) is -0.873. The molecule has 0 aromatic rings. The van der Waals surface area contributed by atoms with Gasteiger partial charge in [0, 0.05) is 19.3 Å². The van der Waals surface area contributed by atoms with E-state index in [1.54, 1.807) is 0 Å². The van der Waals surface area contributed by atoms with Crippen LogP contribution in [0.4, 0.5) is 0 Å². The molecule has 0 amide bonds. The molecule has 0 radical (unpaired) electrons. The Morgan fingerprint density at radius 2 is 0.481 bits per heavy atom. The minimum Gasteiger partial charge on any atom is -0.462 e. The lowest BCUT2D eigenvalue weighted by Crippen LogP contribution is -2.30. The smallest absolute Gasteiger partial charge is 0.306 e. The highest BCUT2D eigenvalue weighted by Gasteiger charge is 2.19. The predicted molar refractivity (Wildman–Crippen MR) is 353 cm³/mol. The van der Waals surface area contributed by atoms with Gasteiger partial charge in [0.25, 0.3) is 0 Å². The van der Waals surface area contributed by atoms with Gasteiger partial charge < -0.3 is 14.2 Å². The lowest BCUT2D eigenvalue weighted by atomic mass is 10.0. The molecular formula is C75H132O6. The van der Waals surface area contributed by atoms with Gasteiger partial charge in [0.15, 0.2) is 6.10 Å². The van der Waals surface area contributed by atoms with E-state index in [0.717, 1.165) is 103 Å². The summed E-state index contributed by atoms with van der Waals surface area (Å²) in [6.45, 7) is 6.55. The summed E-state index contributed by atoms with van der Waals surface area (Å²) in [5, 5.41) is 0. The number of esters is 3. The molecule has 0 heterocycles. The van der Waals surface area contributed by atoms with E-state index in [-0.39, 0.29) is 31.1 Å². The number of unbranched alkanes of at least 4 members (excludes halogenated alkanes) is 39. The first-order valence-corrected chi connectivity index (χ1v) is 35.1. The van der Waals surface area contributed by atoms with Crippen molar-refractivity contribution in [3.05, 3.63) is 85.1 Å². The first kappa shape index (κ1) is 77.6. The molecule has 1 atom stereocenters. The SMILES string of the molecule is CC/C=C\C/C=C\C/C=C\C/C=C\C/C=C\CCCCCCCCCC(=O)OCC(COC(=O)CCCCCCCCCCC/C=C\C/C=C\CCCCC)OC(=O)CCCCCCCCCCCCCCCCCCCCCCC. The van der Waals surface area contributed by atoms with Crippen LogP contribution in [0.15, 0.2) is 85.1 Å². The second-order valence-corrected chi connectivity index (χ2v) is 23.4. The Bertz CT molecular complexity index is 1530. The molecule has 0 spiro atoms. The number of allylic oxidation sites excluding steroid dienone is 14. The number of carbonyl (C=O) groups excluding carboxylic acids is 3. The molecule has 0 rings (SSSR count). The summed E-state index contributed by atoms with van der Waals surface area (Å²) in [5.41, 5.74) is 0. The lowest BCUT2D eigenvalue weighted by molar-refractivity contribution is -0.167. The van der Waals surface area contributed by atoms with E-state index in [4.69, 9.17) is 14.2 Å². The fourth-order valence-electron chi connectivity index (χ4n) is 10.2. The first-order valence-electron chi connectivity index (χ1n) is 35.1. The van der Waals surface area contributed by atoms with E-state index < -0.39 is 6.10 Å². The van der Waals surface area contributed by atoms with Gasteiger partial charge in [-0.05, 0) is 96.3 Å². The quantitative estimate of drug-likeness (QED) is 0.0261. The van der Waals surface area contributed by atoms with Crippen molar-refractivity contribution in [3.63, 3.8) is 0 Å². The average molecular weight is 1130 g/mol. The largest absolute Gasteiger partial charge is 0.462 e. The van der Waals surface area contributed by atoms with Crippen LogP contribution in [0.1, 0.15) is 355 Å². The maximum Gasteiger partial charge on any atom is 0.306 e. The second-order valence-electron chi connectivity index (χ2n) is 23.4. The molecule has 0 N–H and O–H groups in total. The van der Waals surface area contributed by atoms with Crippen LogP contribution in [0.25, 0.3) is 0 Å². The van der Waals surface area contributed by atoms with Gasteiger partial charge in [-0.3, -0.25) is 14.4 Å². The molecule has 0 saturated heterocycles. The van der Waals surface area contributed by atoms with Gasteiger partial charge in [-0.2, -0.15) is 0 Å². The highest BCUT2D eigenvalue weighted by atomic mass is 16.6. The van der Waals surface area contributed by atoms with E-state index in [2.05, 4.69) is 106 Å². The van der Waals surface area contributed by atoms with E-state index in [1.807, 2.05) is 0 Å². The normalized spacial score (nSPS) is 12.6. The van der Waals surface area contributed by atoms with Gasteiger partial charge in [-0.15, -0.1) is 0 Å². The third-order valence-corrected chi connectivity index (χ3v) is 15.4. The molecule has 81 heavy (non-hydrogen) atoms. The van der Waals surface area contributed by atoms with Crippen molar-refractivity contribution in [2.45, 2.75) is 361 Å². The Hall–Kier alpha value is -3.41. The first-order chi connectivity index (χ1) is 40.0. The zero-order valence-electron chi connectivity index (χ0n) is 53.8. The van der Waals surface area contributed by atoms with Crippen LogP contribution in [-0.2, 0) is 28.6 Å². The van der Waals surface area contributed by atoms with Crippen molar-refractivity contribution in [2.24, 2.45) is 0 Å². The van der Waals surface area contributed by atoms with Gasteiger partial charge in [-0.25, -0.2) is 0 Å². The molecule has 6 heteroatoms. The van der Waals surface area contributed by atoms with Crippen LogP contribution in [0.3, 0.4) is 0 Å². The zero-order valence-corrected chi connectivity index (χ0v) is 53.8. The van der Waals surface area contributed by atoms with Gasteiger partial charge >= 0.3 is 17.9 Å². The molecule has 0 fully saturated rings. The highest BCUT2D eigenvalue weighted by Crippen LogP contribution is 2.18. The van der Waals surface area contributed by atoms with Crippen LogP contribution in [0.2, 0.25) is 0 Å². The fraction of sp³-hybridized carbons (Fsp3) is 0.773. The van der Waals surface area contributed by atoms with Crippen LogP contribution in [0, 0.1) is 0 Å². The summed E-state index contributed by atoms with van der Waals surface area (Å²) in [6.07, 6.45) is 91.7. The maximum atomic E-state index is 13.0. The summed E-state index contributed by atoms with van der Waals surface area (Å²) < 4.78 is 17.0. The topological polar surface area (TPSA) is 78.9 Å². The molecular weight excluding hydrogens is 997 g/mol. The van der Waals surface area contributed by atoms with Gasteiger partial charge in [-0.1, -0.05) is 324 Å². The third-order valence-electron chi connectivity index (χ3n) is 15.4. The molecule has 1 unspecified atom stereocenters. The molecule has 468 valence electrons. The molecule has 0 aliphatic carbocycles. The molecule has 0 aliphatic heterocycles. The van der Waals surface area contributed by atoms with E-state index >= 15 is 0 Å². The fourth-order valence-corrected chi connectivity index (χ4v) is 10.2. The number of rotatable bonds is 64. The molecule has 0 aromatic carbocycles. The van der Waals surface area contributed by atoms with E-state index in [0.29, 0.717) is 19.3 Å². The molecule has 0 aromatic heterocycles. The van der Waals surface area contributed by atoms with E-state index in [1.165, 1.54) is 212 Å². The van der Waals surface area contributed by atoms with Crippen molar-refractivity contribution in [2.75, 3.05) is 13.2 Å². The molecule has 6 nitrogen and oxygen atoms in total. The summed E-state index contributed by atoms with van der Waals surface area (Å²) in [7, 11) is 0. The number of carbonyl (C=O) groups is 3. The maximum absolute atomic E-state index is 13.0. The number of hydrogen-bond acceptors (Lipinski definition) is 6. The molecule has 0 aliphatic rings. The van der Waals surface area contributed by atoms with Crippen LogP contribution >= 0.6 is 0 Å². The van der Waals surface area contributed by atoms with Crippen molar-refractivity contribution in [3.8, 4) is 0 Å². The van der Waals surface area contributed by atoms with Crippen molar-refractivity contribution in [1.29, 1.82) is 0 Å². The summed E-state index contributed by atoms with van der Waals surface area (Å²) >= 11 is 0. The summed E-state index contributed by atoms with van der Waals surface area (Å²) in [6, 6.07) is 0. The Kier molecular flexibility index (Phi) is 66.2. The minimum absolute atomic E-state index is 0.0792. The Balaban J connectivity index is 4.38. The predicted octanol–water partition coefficient (Wildman–Crippen LogP) is 24.2. The van der Waals surface area contributed by atoms with Crippen molar-refractivity contribution >= 4 is 17.9 Å². The van der Waals surface area contributed by atoms with Crippen LogP contribution in [-0.4, -0.2) is 37.2 Å². The second kappa shape index (κ2) is 69.1. The number of hydrogen-bond donors (Lipinski definition) is 0. The van der Waals surface area contributed by atoms with Crippen molar-refractivity contribution in [1.82, 2.24) is 0 Å². The van der Waals surface area contributed by atoms with E-state index in [9.17, 15) is 14.4 Å². The summed E-state index contributed by atoms with van der Waals surface area (Å²) in [4.78, 5) is 38.5. The van der Waals surface area contributed by atoms with Crippen molar-refractivity contribution < 1.29 is 28.6 Å². The van der Waals surface area contributed by atoms with Gasteiger partial charge in [0.2, 0.25) is 0 Å². The molecule has 0 bridgehead atoms. The standard InChI is InChI=1S/C75H132O6/c1-4-7-10-13-16-19-22-25-28-31-34-36-37-39-41-44-47-50-53-56-59-62-65-68-74(77)80-71-72(70-79-73(76)67-64-61-58-55-52-49-46-43-40-33-30-27-24-21-18-15-12-9-6-3)81-75(78)69-66-63-60-57-54-51-48-45-42-38-35-32-29-26-23-20-17-14-11-8-5-2/h7,10,16,18-19,21,25,27-28,30,34,36,39,41,72H,4-6,8-9,11-15,17,20,22-24,26,29,31-33,35,37-38,40,42-71H2,1-3H3/b10-7-,19-16-,21-18-,28-25-,30-27-,36-34-,41-39-. The molecule has 0 saturated carbocycles. The Morgan fingerprint density at radius 1 is 0.259 bits per heavy atom. The minimum atomic E-state index is -0.784. The van der Waals surface area contributed by atoms with Crippen LogP contribution in [0.5, 0.6) is 0 Å².